The molecule has 0 aliphatic carbocycles. The Hall–Kier alpha value is -0.123. The first kappa shape index (κ1) is 15.9. The van der Waals surface area contributed by atoms with Gasteiger partial charge in [0.05, 0.1) is 20.3 Å². The average Bonchev–Trinajstić information content (AvgIpc) is 1.99. The third-order valence-corrected chi connectivity index (χ3v) is 4.16. The fraction of sp³-hybridized carbons (Fsp3) is 0.538. The minimum absolute atomic E-state index is 0. The zero-order valence-electron chi connectivity index (χ0n) is 11.1. The molecule has 0 aliphatic rings. The van der Waals surface area contributed by atoms with Crippen molar-refractivity contribution >= 4 is 8.07 Å². The molecule has 16 heavy (non-hydrogen) atoms. The van der Waals surface area contributed by atoms with Crippen molar-refractivity contribution in [2.75, 3.05) is 20.3 Å². The highest BCUT2D eigenvalue weighted by Gasteiger charge is 2.26. The van der Waals surface area contributed by atoms with Gasteiger partial charge in [-0.2, -0.15) is 0 Å². The average molecular weight is 302 g/mol. The number of quaternary nitrogens is 1. The lowest BCUT2D eigenvalue weighted by Gasteiger charge is -2.35. The Balaban J connectivity index is 0.00000225. The molecule has 0 amide bonds. The molecule has 0 saturated heterocycles. The van der Waals surface area contributed by atoms with E-state index in [0.29, 0.717) is 0 Å². The van der Waals surface area contributed by atoms with Crippen LogP contribution >= 0.6 is 0 Å². The van der Waals surface area contributed by atoms with Crippen molar-refractivity contribution in [3.05, 3.63) is 35.9 Å². The van der Waals surface area contributed by atoms with Crippen LogP contribution in [-0.2, 0) is 6.54 Å². The Morgan fingerprint density at radius 2 is 1.50 bits per heavy atom. The first-order valence-corrected chi connectivity index (χ1v) is 9.35. The number of benzene rings is 1. The SMILES string of the molecule is C[N+](C)(Cc1ccccc1)C[Si](C)(C)C.[Br-]. The van der Waals surface area contributed by atoms with Crippen molar-refractivity contribution in [3.8, 4) is 0 Å². The van der Waals surface area contributed by atoms with E-state index >= 15 is 0 Å². The molecule has 0 spiro atoms. The molecule has 0 saturated carbocycles. The van der Waals surface area contributed by atoms with E-state index in [1.807, 2.05) is 0 Å². The van der Waals surface area contributed by atoms with Gasteiger partial charge in [-0.15, -0.1) is 0 Å². The molecule has 0 aliphatic heterocycles. The predicted molar refractivity (Wildman–Crippen MR) is 70.5 cm³/mol. The number of nitrogens with zero attached hydrogens (tertiary/aromatic N) is 1. The van der Waals surface area contributed by atoms with Gasteiger partial charge in [-0.1, -0.05) is 50.0 Å². The fourth-order valence-electron chi connectivity index (χ4n) is 2.42. The molecule has 92 valence electrons. The van der Waals surface area contributed by atoms with Crippen LogP contribution < -0.4 is 17.0 Å². The summed E-state index contributed by atoms with van der Waals surface area (Å²) in [4.78, 5) is 0. The Labute approximate surface area is 112 Å². The minimum atomic E-state index is -0.974. The summed E-state index contributed by atoms with van der Waals surface area (Å²) in [6.07, 6.45) is 1.34. The zero-order chi connectivity index (χ0) is 11.5. The summed E-state index contributed by atoms with van der Waals surface area (Å²) in [5.41, 5.74) is 1.45. The Morgan fingerprint density at radius 1 is 1.00 bits per heavy atom. The van der Waals surface area contributed by atoms with Gasteiger partial charge in [0.25, 0.3) is 0 Å². The van der Waals surface area contributed by atoms with Gasteiger partial charge in [-0.3, -0.25) is 0 Å². The van der Waals surface area contributed by atoms with Crippen LogP contribution in [0.25, 0.3) is 0 Å². The Morgan fingerprint density at radius 3 is 1.94 bits per heavy atom. The van der Waals surface area contributed by atoms with E-state index in [9.17, 15) is 0 Å². The van der Waals surface area contributed by atoms with Crippen LogP contribution in [0, 0.1) is 0 Å². The summed E-state index contributed by atoms with van der Waals surface area (Å²) in [6.45, 7) is 8.47. The quantitative estimate of drug-likeness (QED) is 0.548. The summed E-state index contributed by atoms with van der Waals surface area (Å²) < 4.78 is 1.11. The zero-order valence-corrected chi connectivity index (χ0v) is 13.7. The third kappa shape index (κ3) is 6.46. The van der Waals surface area contributed by atoms with Crippen LogP contribution in [0.4, 0.5) is 0 Å². The molecule has 1 aromatic carbocycles. The minimum Gasteiger partial charge on any atom is -1.00 e. The second-order valence-corrected chi connectivity index (χ2v) is 11.7. The standard InChI is InChI=1S/C13H24NSi.BrH/c1-14(2,12-15(3,4)5)11-13-9-7-6-8-10-13;/h6-10H,11-12H2,1-5H3;1H/q+1;/p-1. The van der Waals surface area contributed by atoms with E-state index in [2.05, 4.69) is 64.1 Å². The van der Waals surface area contributed by atoms with Crippen LogP contribution in [0.15, 0.2) is 30.3 Å². The lowest BCUT2D eigenvalue weighted by Crippen LogP contribution is -3.00. The van der Waals surface area contributed by atoms with Crippen LogP contribution in [0.1, 0.15) is 5.56 Å². The number of halogens is 1. The number of hydrogen-bond acceptors (Lipinski definition) is 0. The maximum Gasteiger partial charge on any atom is 0.110 e. The topological polar surface area (TPSA) is 0 Å². The molecule has 1 rings (SSSR count). The molecule has 0 atom stereocenters. The highest BCUT2D eigenvalue weighted by Crippen LogP contribution is 2.13. The van der Waals surface area contributed by atoms with E-state index < -0.39 is 8.07 Å². The molecule has 0 bridgehead atoms. The van der Waals surface area contributed by atoms with Crippen LogP contribution in [0.2, 0.25) is 19.6 Å². The molecule has 0 N–H and O–H groups in total. The molecule has 0 radical (unpaired) electrons. The van der Waals surface area contributed by atoms with Crippen LogP contribution in [0.3, 0.4) is 0 Å². The van der Waals surface area contributed by atoms with Crippen molar-refractivity contribution in [3.63, 3.8) is 0 Å². The van der Waals surface area contributed by atoms with E-state index in [1.165, 1.54) is 11.7 Å². The first-order valence-electron chi connectivity index (χ1n) is 5.64. The van der Waals surface area contributed by atoms with Gasteiger partial charge >= 0.3 is 0 Å². The summed E-state index contributed by atoms with van der Waals surface area (Å²) >= 11 is 0. The maximum atomic E-state index is 2.44. The van der Waals surface area contributed by atoms with Gasteiger partial charge in [0.2, 0.25) is 0 Å². The van der Waals surface area contributed by atoms with Crippen molar-refractivity contribution in [1.82, 2.24) is 0 Å². The van der Waals surface area contributed by atoms with Crippen molar-refractivity contribution in [1.29, 1.82) is 0 Å². The van der Waals surface area contributed by atoms with E-state index in [1.54, 1.807) is 0 Å². The normalized spacial score (nSPS) is 12.1. The fourth-order valence-corrected chi connectivity index (χ4v) is 5.10. The van der Waals surface area contributed by atoms with Crippen molar-refractivity contribution in [2.45, 2.75) is 26.2 Å². The van der Waals surface area contributed by atoms with Gasteiger partial charge < -0.3 is 21.5 Å². The van der Waals surface area contributed by atoms with Gasteiger partial charge in [-0.05, 0) is 0 Å². The predicted octanol–water partition coefficient (Wildman–Crippen LogP) is 0.144. The van der Waals surface area contributed by atoms with Gasteiger partial charge in [-0.25, -0.2) is 0 Å². The molecule has 0 heterocycles. The highest BCUT2D eigenvalue weighted by atomic mass is 79.9. The molecular weight excluding hydrogens is 278 g/mol. The largest absolute Gasteiger partial charge is 1.00 e. The summed E-state index contributed by atoms with van der Waals surface area (Å²) in [7, 11) is 3.70. The van der Waals surface area contributed by atoms with Crippen LogP contribution in [-0.4, -0.2) is 32.8 Å². The summed E-state index contributed by atoms with van der Waals surface area (Å²) in [6, 6.07) is 10.8. The number of hydrogen-bond donors (Lipinski definition) is 0. The van der Waals surface area contributed by atoms with E-state index in [-0.39, 0.29) is 17.0 Å². The molecule has 0 aromatic heterocycles. The molecule has 1 nitrogen and oxygen atoms in total. The Kier molecular flexibility index (Phi) is 5.94. The second-order valence-electron chi connectivity index (χ2n) is 6.30. The lowest BCUT2D eigenvalue weighted by molar-refractivity contribution is -0.894. The third-order valence-electron chi connectivity index (χ3n) is 2.36. The smallest absolute Gasteiger partial charge is 0.110 e. The van der Waals surface area contributed by atoms with Gasteiger partial charge in [0, 0.05) is 5.56 Å². The highest BCUT2D eigenvalue weighted by molar-refractivity contribution is 6.75. The molecular formula is C13H24BrNSi. The molecule has 3 heteroatoms. The monoisotopic (exact) mass is 301 g/mol. The van der Waals surface area contributed by atoms with E-state index in [0.717, 1.165) is 11.0 Å². The summed E-state index contributed by atoms with van der Waals surface area (Å²) in [5, 5.41) is 0. The van der Waals surface area contributed by atoms with E-state index in [4.69, 9.17) is 0 Å². The number of rotatable bonds is 4. The van der Waals surface area contributed by atoms with Crippen LogP contribution in [0.5, 0.6) is 0 Å². The summed E-state index contributed by atoms with van der Waals surface area (Å²) in [5.74, 6) is 0. The van der Waals surface area contributed by atoms with Crippen molar-refractivity contribution < 1.29 is 21.5 Å². The molecule has 0 unspecified atom stereocenters. The lowest BCUT2D eigenvalue weighted by atomic mass is 10.2. The van der Waals surface area contributed by atoms with Crippen molar-refractivity contribution in [2.24, 2.45) is 0 Å². The first-order chi connectivity index (χ1) is 6.79. The molecule has 0 fully saturated rings. The second kappa shape index (κ2) is 5.99. The van der Waals surface area contributed by atoms with Gasteiger partial charge in [0.15, 0.2) is 0 Å². The Bertz CT molecular complexity index is 303. The maximum absolute atomic E-state index is 2.44. The molecule has 1 aromatic rings. The van der Waals surface area contributed by atoms with Gasteiger partial charge in [0.1, 0.15) is 14.6 Å².